The van der Waals surface area contributed by atoms with Gasteiger partial charge in [-0.05, 0) is 43.2 Å². The normalized spacial score (nSPS) is 10.2. The van der Waals surface area contributed by atoms with Crippen LogP contribution in [0.3, 0.4) is 0 Å². The van der Waals surface area contributed by atoms with Gasteiger partial charge in [0.1, 0.15) is 18.2 Å². The fourth-order valence-corrected chi connectivity index (χ4v) is 2.08. The summed E-state index contributed by atoms with van der Waals surface area (Å²) in [5, 5.41) is 2.70. The Balaban J connectivity index is 1.84. The number of ether oxygens (including phenoxy) is 1. The quantitative estimate of drug-likeness (QED) is 0.857. The molecule has 4 heteroatoms. The molecular formula is C17H18FNO2. The molecule has 0 aliphatic rings. The maximum atomic E-state index is 13.0. The third-order valence-electron chi connectivity index (χ3n) is 3.13. The summed E-state index contributed by atoms with van der Waals surface area (Å²) in [5.74, 6) is 0.117. The Morgan fingerprint density at radius 2 is 1.81 bits per heavy atom. The molecule has 0 radical (unpaired) electrons. The lowest BCUT2D eigenvalue weighted by Crippen LogP contribution is -2.28. The summed E-state index contributed by atoms with van der Waals surface area (Å²) in [6.45, 7) is 4.69. The number of amides is 1. The average Bonchev–Trinajstić information content (AvgIpc) is 2.45. The zero-order valence-corrected chi connectivity index (χ0v) is 12.2. The molecule has 0 bridgehead atoms. The molecule has 21 heavy (non-hydrogen) atoms. The Hall–Kier alpha value is -2.36. The predicted octanol–water partition coefficient (Wildman–Crippen LogP) is 3.25. The monoisotopic (exact) mass is 287 g/mol. The Labute approximate surface area is 123 Å². The van der Waals surface area contributed by atoms with Crippen LogP contribution in [0, 0.1) is 19.7 Å². The number of carbonyl (C=O) groups excluding carboxylic acids is 1. The van der Waals surface area contributed by atoms with Gasteiger partial charge in [0.25, 0.3) is 5.91 Å². The highest BCUT2D eigenvalue weighted by atomic mass is 19.1. The number of halogens is 1. The summed E-state index contributed by atoms with van der Waals surface area (Å²) >= 11 is 0. The second kappa shape index (κ2) is 6.88. The molecule has 0 spiro atoms. The Bertz CT molecular complexity index is 620. The third-order valence-corrected chi connectivity index (χ3v) is 3.13. The predicted molar refractivity (Wildman–Crippen MR) is 80.1 cm³/mol. The van der Waals surface area contributed by atoms with Gasteiger partial charge in [-0.2, -0.15) is 0 Å². The van der Waals surface area contributed by atoms with Gasteiger partial charge in [0.05, 0.1) is 6.54 Å². The molecular weight excluding hydrogens is 269 g/mol. The van der Waals surface area contributed by atoms with Crippen molar-refractivity contribution in [3.05, 3.63) is 65.0 Å². The SMILES string of the molecule is Cc1cccc(C)c1OCCNC(=O)c1cccc(F)c1. The standard InChI is InChI=1S/C17H18FNO2/c1-12-5-3-6-13(2)16(12)21-10-9-19-17(20)14-7-4-8-15(18)11-14/h3-8,11H,9-10H2,1-2H3,(H,19,20). The fraction of sp³-hybridized carbons (Fsp3) is 0.235. The van der Waals surface area contributed by atoms with Gasteiger partial charge < -0.3 is 10.1 Å². The zero-order chi connectivity index (χ0) is 15.2. The second-order valence-electron chi connectivity index (χ2n) is 4.84. The highest BCUT2D eigenvalue weighted by Crippen LogP contribution is 2.21. The van der Waals surface area contributed by atoms with Gasteiger partial charge in [-0.25, -0.2) is 4.39 Å². The third kappa shape index (κ3) is 4.05. The van der Waals surface area contributed by atoms with Crippen molar-refractivity contribution < 1.29 is 13.9 Å². The molecule has 1 N–H and O–H groups in total. The minimum absolute atomic E-state index is 0.306. The van der Waals surface area contributed by atoms with Gasteiger partial charge in [0.2, 0.25) is 0 Å². The van der Waals surface area contributed by atoms with Gasteiger partial charge in [0.15, 0.2) is 0 Å². The number of hydrogen-bond acceptors (Lipinski definition) is 2. The van der Waals surface area contributed by atoms with Crippen LogP contribution in [0.15, 0.2) is 42.5 Å². The zero-order valence-electron chi connectivity index (χ0n) is 12.2. The molecule has 0 atom stereocenters. The van der Waals surface area contributed by atoms with Gasteiger partial charge in [-0.15, -0.1) is 0 Å². The van der Waals surface area contributed by atoms with Crippen molar-refractivity contribution in [1.29, 1.82) is 0 Å². The minimum atomic E-state index is -0.422. The smallest absolute Gasteiger partial charge is 0.251 e. The second-order valence-corrected chi connectivity index (χ2v) is 4.84. The first-order valence-electron chi connectivity index (χ1n) is 6.80. The topological polar surface area (TPSA) is 38.3 Å². The van der Waals surface area contributed by atoms with Crippen LogP contribution in [0.4, 0.5) is 4.39 Å². The van der Waals surface area contributed by atoms with E-state index >= 15 is 0 Å². The van der Waals surface area contributed by atoms with E-state index in [4.69, 9.17) is 4.74 Å². The lowest BCUT2D eigenvalue weighted by molar-refractivity contribution is 0.0946. The van der Waals surface area contributed by atoms with Crippen molar-refractivity contribution in [1.82, 2.24) is 5.32 Å². The summed E-state index contributed by atoms with van der Waals surface area (Å²) < 4.78 is 18.7. The van der Waals surface area contributed by atoms with Gasteiger partial charge in [-0.3, -0.25) is 4.79 Å². The van der Waals surface area contributed by atoms with Crippen LogP contribution in [-0.4, -0.2) is 19.1 Å². The van der Waals surface area contributed by atoms with E-state index in [1.807, 2.05) is 32.0 Å². The van der Waals surface area contributed by atoms with E-state index in [2.05, 4.69) is 5.32 Å². The highest BCUT2D eigenvalue weighted by molar-refractivity contribution is 5.94. The molecule has 3 nitrogen and oxygen atoms in total. The Kier molecular flexibility index (Phi) is 4.93. The maximum absolute atomic E-state index is 13.0. The van der Waals surface area contributed by atoms with Crippen LogP contribution in [-0.2, 0) is 0 Å². The van der Waals surface area contributed by atoms with E-state index in [1.54, 1.807) is 6.07 Å². The lowest BCUT2D eigenvalue weighted by Gasteiger charge is -2.12. The first kappa shape index (κ1) is 15.0. The number of benzene rings is 2. The molecule has 110 valence electrons. The van der Waals surface area contributed by atoms with Gasteiger partial charge >= 0.3 is 0 Å². The van der Waals surface area contributed by atoms with E-state index in [9.17, 15) is 9.18 Å². The molecule has 0 aliphatic carbocycles. The molecule has 0 saturated carbocycles. The summed E-state index contributed by atoms with van der Waals surface area (Å²) in [4.78, 5) is 11.8. The maximum Gasteiger partial charge on any atom is 0.251 e. The van der Waals surface area contributed by atoms with Crippen LogP contribution < -0.4 is 10.1 Å². The molecule has 2 rings (SSSR count). The summed E-state index contributed by atoms with van der Waals surface area (Å²) in [7, 11) is 0. The van der Waals surface area contributed by atoms with E-state index in [0.717, 1.165) is 16.9 Å². The van der Waals surface area contributed by atoms with Gasteiger partial charge in [-0.1, -0.05) is 24.3 Å². The number of carbonyl (C=O) groups is 1. The van der Waals surface area contributed by atoms with Crippen molar-refractivity contribution in [2.24, 2.45) is 0 Å². The first-order valence-corrected chi connectivity index (χ1v) is 6.80. The number of nitrogens with one attached hydrogen (secondary N) is 1. The van der Waals surface area contributed by atoms with E-state index in [0.29, 0.717) is 18.7 Å². The van der Waals surface area contributed by atoms with Crippen molar-refractivity contribution in [3.8, 4) is 5.75 Å². The van der Waals surface area contributed by atoms with Crippen LogP contribution in [0.25, 0.3) is 0 Å². The van der Waals surface area contributed by atoms with Crippen molar-refractivity contribution in [3.63, 3.8) is 0 Å². The minimum Gasteiger partial charge on any atom is -0.491 e. The van der Waals surface area contributed by atoms with Crippen LogP contribution in [0.5, 0.6) is 5.75 Å². The molecule has 2 aromatic carbocycles. The lowest BCUT2D eigenvalue weighted by atomic mass is 10.1. The molecule has 2 aromatic rings. The van der Waals surface area contributed by atoms with Crippen molar-refractivity contribution in [2.45, 2.75) is 13.8 Å². The Morgan fingerprint density at radius 3 is 2.48 bits per heavy atom. The largest absolute Gasteiger partial charge is 0.491 e. The Morgan fingerprint density at radius 1 is 1.14 bits per heavy atom. The van der Waals surface area contributed by atoms with Crippen LogP contribution in [0.2, 0.25) is 0 Å². The molecule has 0 unspecified atom stereocenters. The van der Waals surface area contributed by atoms with Crippen molar-refractivity contribution in [2.75, 3.05) is 13.2 Å². The van der Waals surface area contributed by atoms with Crippen molar-refractivity contribution >= 4 is 5.91 Å². The van der Waals surface area contributed by atoms with Gasteiger partial charge in [0, 0.05) is 5.56 Å². The number of hydrogen-bond donors (Lipinski definition) is 1. The molecule has 0 fully saturated rings. The summed E-state index contributed by atoms with van der Waals surface area (Å²) in [5.41, 5.74) is 2.43. The number of aryl methyl sites for hydroxylation is 2. The highest BCUT2D eigenvalue weighted by Gasteiger charge is 2.06. The number of rotatable bonds is 5. The molecule has 0 aromatic heterocycles. The fourth-order valence-electron chi connectivity index (χ4n) is 2.08. The first-order chi connectivity index (χ1) is 10.1. The molecule has 0 saturated heterocycles. The van der Waals surface area contributed by atoms with Crippen LogP contribution >= 0.6 is 0 Å². The molecule has 0 heterocycles. The van der Waals surface area contributed by atoms with E-state index < -0.39 is 5.82 Å². The van der Waals surface area contributed by atoms with E-state index in [-0.39, 0.29) is 5.91 Å². The molecule has 0 aliphatic heterocycles. The molecule has 1 amide bonds. The number of para-hydroxylation sites is 1. The van der Waals surface area contributed by atoms with E-state index in [1.165, 1.54) is 18.2 Å². The van der Waals surface area contributed by atoms with Crippen LogP contribution in [0.1, 0.15) is 21.5 Å². The average molecular weight is 287 g/mol. The summed E-state index contributed by atoms with van der Waals surface area (Å²) in [6.07, 6.45) is 0. The summed E-state index contributed by atoms with van der Waals surface area (Å²) in [6, 6.07) is 11.5.